The maximum atomic E-state index is 11.9. The number of rotatable bonds is 6. The SMILES string of the molecule is COCCN(N=S(=O)=O)C(=O)Oc1ccccc1S(C)(=O)=O. The summed E-state index contributed by atoms with van der Waals surface area (Å²) in [5.41, 5.74) is 0. The molecular formula is C11H14N2O7S2. The molecule has 0 spiro atoms. The predicted molar refractivity (Wildman–Crippen MR) is 75.5 cm³/mol. The molecule has 11 heteroatoms. The summed E-state index contributed by atoms with van der Waals surface area (Å²) in [6.45, 7) is -0.159. The smallest absolute Gasteiger partial charge is 0.408 e. The van der Waals surface area contributed by atoms with E-state index in [-0.39, 0.29) is 23.8 Å². The molecule has 0 N–H and O–H groups in total. The number of nitrogens with zero attached hydrogens (tertiary/aromatic N) is 2. The first-order chi connectivity index (χ1) is 10.3. The summed E-state index contributed by atoms with van der Waals surface area (Å²) >= 11 is 0. The van der Waals surface area contributed by atoms with Crippen molar-refractivity contribution >= 4 is 26.4 Å². The molecule has 0 radical (unpaired) electrons. The molecule has 0 saturated carbocycles. The second-order valence-corrected chi connectivity index (χ2v) is 6.58. The molecule has 0 unspecified atom stereocenters. The molecule has 0 heterocycles. The lowest BCUT2D eigenvalue weighted by Crippen LogP contribution is -2.32. The van der Waals surface area contributed by atoms with E-state index in [1.807, 2.05) is 0 Å². The number of amides is 1. The molecule has 0 fully saturated rings. The Labute approximate surface area is 129 Å². The molecule has 1 aromatic rings. The summed E-state index contributed by atoms with van der Waals surface area (Å²) in [5.74, 6) is -0.218. The van der Waals surface area contributed by atoms with Crippen LogP contribution in [-0.4, -0.2) is 54.5 Å². The third kappa shape index (κ3) is 5.42. The van der Waals surface area contributed by atoms with Gasteiger partial charge in [0.2, 0.25) is 0 Å². The van der Waals surface area contributed by atoms with Crippen LogP contribution in [0, 0.1) is 0 Å². The Hall–Kier alpha value is -1.98. The Kier molecular flexibility index (Phi) is 6.46. The van der Waals surface area contributed by atoms with Gasteiger partial charge in [-0.2, -0.15) is 13.4 Å². The van der Waals surface area contributed by atoms with Gasteiger partial charge >= 0.3 is 16.6 Å². The average Bonchev–Trinajstić information content (AvgIpc) is 2.42. The van der Waals surface area contributed by atoms with Crippen molar-refractivity contribution in [3.8, 4) is 5.75 Å². The highest BCUT2D eigenvalue weighted by atomic mass is 32.2. The number of carbonyl (C=O) groups is 1. The van der Waals surface area contributed by atoms with E-state index in [1.54, 1.807) is 0 Å². The first-order valence-electron chi connectivity index (χ1n) is 5.84. The molecule has 9 nitrogen and oxygen atoms in total. The second kappa shape index (κ2) is 7.87. The van der Waals surface area contributed by atoms with E-state index in [9.17, 15) is 21.6 Å². The fourth-order valence-corrected chi connectivity index (χ4v) is 2.52. The van der Waals surface area contributed by atoms with Crippen molar-refractivity contribution < 1.29 is 31.1 Å². The monoisotopic (exact) mass is 350 g/mol. The molecule has 0 aliphatic rings. The highest BCUT2D eigenvalue weighted by molar-refractivity contribution is 7.90. The minimum atomic E-state index is -3.62. The standard InChI is InChI=1S/C11H14N2O7S2/c1-19-8-7-13(12-21(15)16)11(14)20-9-5-3-4-6-10(9)22(2,17)18/h3-6H,7-8H2,1-2H3. The molecule has 22 heavy (non-hydrogen) atoms. The average molecular weight is 350 g/mol. The van der Waals surface area contributed by atoms with Crippen molar-refractivity contribution in [2.75, 3.05) is 26.5 Å². The zero-order valence-electron chi connectivity index (χ0n) is 11.8. The van der Waals surface area contributed by atoms with Gasteiger partial charge in [-0.3, -0.25) is 0 Å². The molecule has 0 aliphatic heterocycles. The number of ether oxygens (including phenoxy) is 2. The van der Waals surface area contributed by atoms with E-state index in [1.165, 1.54) is 31.4 Å². The van der Waals surface area contributed by atoms with Crippen LogP contribution in [0.2, 0.25) is 0 Å². The van der Waals surface area contributed by atoms with Crippen LogP contribution in [0.1, 0.15) is 0 Å². The molecule has 1 amide bonds. The van der Waals surface area contributed by atoms with E-state index >= 15 is 0 Å². The van der Waals surface area contributed by atoms with E-state index in [4.69, 9.17) is 9.47 Å². The number of para-hydroxylation sites is 1. The predicted octanol–water partition coefficient (Wildman–Crippen LogP) is 0.515. The number of sulfone groups is 1. The van der Waals surface area contributed by atoms with E-state index < -0.39 is 26.4 Å². The molecule has 122 valence electrons. The lowest BCUT2D eigenvalue weighted by molar-refractivity contribution is 0.125. The lowest BCUT2D eigenvalue weighted by Gasteiger charge is -2.15. The Morgan fingerprint density at radius 3 is 2.50 bits per heavy atom. The van der Waals surface area contributed by atoms with Crippen LogP contribution in [-0.2, 0) is 25.1 Å². The van der Waals surface area contributed by atoms with E-state index in [2.05, 4.69) is 4.47 Å². The third-order valence-corrected chi connectivity index (χ3v) is 3.80. The van der Waals surface area contributed by atoms with Crippen molar-refractivity contribution in [3.63, 3.8) is 0 Å². The normalized spacial score (nSPS) is 10.8. The van der Waals surface area contributed by atoms with Gasteiger partial charge in [0.25, 0.3) is 0 Å². The first-order valence-corrected chi connectivity index (χ1v) is 8.76. The van der Waals surface area contributed by atoms with E-state index in [0.29, 0.717) is 5.01 Å². The zero-order valence-corrected chi connectivity index (χ0v) is 13.4. The lowest BCUT2D eigenvalue weighted by atomic mass is 10.3. The van der Waals surface area contributed by atoms with Gasteiger partial charge in [-0.25, -0.2) is 13.2 Å². The maximum absolute atomic E-state index is 11.9. The Balaban J connectivity index is 3.07. The highest BCUT2D eigenvalue weighted by Crippen LogP contribution is 2.23. The summed E-state index contributed by atoms with van der Waals surface area (Å²) in [4.78, 5) is 11.7. The third-order valence-electron chi connectivity index (χ3n) is 2.33. The van der Waals surface area contributed by atoms with Gasteiger partial charge in [-0.05, 0) is 16.6 Å². The topological polar surface area (TPSA) is 119 Å². The molecule has 0 bridgehead atoms. The number of hydrogen-bond acceptors (Lipinski definition) is 8. The van der Waals surface area contributed by atoms with Crippen molar-refractivity contribution in [3.05, 3.63) is 24.3 Å². The quantitative estimate of drug-likeness (QED) is 0.686. The van der Waals surface area contributed by atoms with Crippen LogP contribution in [0.4, 0.5) is 4.79 Å². The van der Waals surface area contributed by atoms with Crippen molar-refractivity contribution in [2.24, 2.45) is 4.47 Å². The zero-order chi connectivity index (χ0) is 16.8. The van der Waals surface area contributed by atoms with Crippen LogP contribution in [0.15, 0.2) is 33.6 Å². The van der Waals surface area contributed by atoms with Crippen LogP contribution >= 0.6 is 0 Å². The number of carbonyl (C=O) groups excluding carboxylic acids is 1. The molecule has 1 aromatic carbocycles. The molecular weight excluding hydrogens is 336 g/mol. The summed E-state index contributed by atoms with van der Waals surface area (Å²) < 4.78 is 57.1. The summed E-state index contributed by atoms with van der Waals surface area (Å²) in [7, 11) is -5.13. The molecule has 0 atom stereocenters. The number of methoxy groups -OCH3 is 1. The van der Waals surface area contributed by atoms with Crippen LogP contribution in [0.25, 0.3) is 0 Å². The number of hydrogen-bond donors (Lipinski definition) is 0. The van der Waals surface area contributed by atoms with Crippen molar-refractivity contribution in [2.45, 2.75) is 4.90 Å². The van der Waals surface area contributed by atoms with Gasteiger partial charge in [0.05, 0.1) is 13.2 Å². The molecule has 0 saturated heterocycles. The fourth-order valence-electron chi connectivity index (χ4n) is 1.41. The van der Waals surface area contributed by atoms with Crippen LogP contribution in [0.5, 0.6) is 5.75 Å². The maximum Gasteiger partial charge on any atom is 0.436 e. The van der Waals surface area contributed by atoms with Crippen molar-refractivity contribution in [1.29, 1.82) is 0 Å². The summed E-state index contributed by atoms with van der Waals surface area (Å²) in [6.07, 6.45) is -0.184. The van der Waals surface area contributed by atoms with Gasteiger partial charge in [-0.1, -0.05) is 12.1 Å². The Bertz CT molecular complexity index is 763. The second-order valence-electron chi connectivity index (χ2n) is 4.00. The van der Waals surface area contributed by atoms with E-state index in [0.717, 1.165) is 6.26 Å². The number of benzene rings is 1. The molecule has 0 aromatic heterocycles. The minimum absolute atomic E-state index is 0.0174. The van der Waals surface area contributed by atoms with Crippen LogP contribution < -0.4 is 4.74 Å². The van der Waals surface area contributed by atoms with Gasteiger partial charge < -0.3 is 9.47 Å². The Morgan fingerprint density at radius 1 is 1.32 bits per heavy atom. The first kappa shape index (κ1) is 18.1. The largest absolute Gasteiger partial charge is 0.436 e. The Morgan fingerprint density at radius 2 is 1.95 bits per heavy atom. The van der Waals surface area contributed by atoms with Crippen LogP contribution in [0.3, 0.4) is 0 Å². The van der Waals surface area contributed by atoms with Gasteiger partial charge in [-0.15, -0.1) is 0 Å². The van der Waals surface area contributed by atoms with Crippen molar-refractivity contribution in [1.82, 2.24) is 5.01 Å². The molecule has 1 rings (SSSR count). The fraction of sp³-hybridized carbons (Fsp3) is 0.364. The molecule has 0 aliphatic carbocycles. The van der Waals surface area contributed by atoms with Gasteiger partial charge in [0.15, 0.2) is 15.6 Å². The minimum Gasteiger partial charge on any atom is -0.408 e. The van der Waals surface area contributed by atoms with Gasteiger partial charge in [0.1, 0.15) is 4.90 Å². The summed E-state index contributed by atoms with van der Waals surface area (Å²) in [6, 6.07) is 5.48. The summed E-state index contributed by atoms with van der Waals surface area (Å²) in [5, 5.41) is 0.520. The van der Waals surface area contributed by atoms with Gasteiger partial charge in [0, 0.05) is 13.4 Å². The highest BCUT2D eigenvalue weighted by Gasteiger charge is 2.20.